The van der Waals surface area contributed by atoms with E-state index in [2.05, 4.69) is 102 Å². The van der Waals surface area contributed by atoms with Gasteiger partial charge in [0.25, 0.3) is 0 Å². The first-order chi connectivity index (χ1) is 17.2. The lowest BCUT2D eigenvalue weighted by Gasteiger charge is -2.10. The predicted molar refractivity (Wildman–Crippen MR) is 150 cm³/mol. The van der Waals surface area contributed by atoms with Crippen molar-refractivity contribution >= 4 is 45.3 Å². The number of hydrogen-bond donors (Lipinski definition) is 2. The molecule has 0 aliphatic carbocycles. The lowest BCUT2D eigenvalue weighted by Crippen LogP contribution is -1.93. The van der Waals surface area contributed by atoms with Crippen LogP contribution in [0.1, 0.15) is 11.1 Å². The second-order valence-electron chi connectivity index (χ2n) is 8.77. The number of benzene rings is 5. The SMILES string of the molecule is Nc1ccc(C=Cc2ccc(N)cc2-c2ccc3c(c2)c2ccccc2n3-c2ccccc2)cc1. The number of para-hydroxylation sites is 2. The lowest BCUT2D eigenvalue weighted by atomic mass is 9.96. The van der Waals surface area contributed by atoms with Gasteiger partial charge in [0.1, 0.15) is 0 Å². The predicted octanol–water partition coefficient (Wildman–Crippen LogP) is 7.79. The summed E-state index contributed by atoms with van der Waals surface area (Å²) in [6.45, 7) is 0. The summed E-state index contributed by atoms with van der Waals surface area (Å²) in [7, 11) is 0. The third kappa shape index (κ3) is 3.83. The van der Waals surface area contributed by atoms with Gasteiger partial charge in [-0.25, -0.2) is 0 Å². The van der Waals surface area contributed by atoms with Crippen LogP contribution in [0.4, 0.5) is 11.4 Å². The molecule has 1 aromatic heterocycles. The highest BCUT2D eigenvalue weighted by atomic mass is 15.0. The van der Waals surface area contributed by atoms with Gasteiger partial charge in [-0.1, -0.05) is 72.8 Å². The molecule has 0 unspecified atom stereocenters. The molecule has 0 bridgehead atoms. The molecule has 0 saturated heterocycles. The zero-order valence-electron chi connectivity index (χ0n) is 19.2. The van der Waals surface area contributed by atoms with Crippen molar-refractivity contribution in [3.63, 3.8) is 0 Å². The third-order valence-corrected chi connectivity index (χ3v) is 6.47. The Morgan fingerprint density at radius 2 is 1.26 bits per heavy atom. The molecular formula is C32H25N3. The van der Waals surface area contributed by atoms with Crippen molar-refractivity contribution in [3.8, 4) is 16.8 Å². The molecule has 0 atom stereocenters. The van der Waals surface area contributed by atoms with Crippen molar-refractivity contribution in [3.05, 3.63) is 126 Å². The maximum Gasteiger partial charge on any atom is 0.0541 e. The van der Waals surface area contributed by atoms with Crippen LogP contribution in [0, 0.1) is 0 Å². The fraction of sp³-hybridized carbons (Fsp3) is 0. The van der Waals surface area contributed by atoms with Crippen LogP contribution in [-0.4, -0.2) is 4.57 Å². The number of fused-ring (bicyclic) bond motifs is 3. The van der Waals surface area contributed by atoms with Gasteiger partial charge in [0, 0.05) is 27.8 Å². The minimum Gasteiger partial charge on any atom is -0.399 e. The standard InChI is InChI=1S/C32H25N3/c33-25-16-11-22(12-17-25)10-13-23-14-18-26(34)21-29(23)24-15-19-32-30(20-24)28-8-4-5-9-31(28)35(32)27-6-2-1-3-7-27/h1-21H,33-34H2. The van der Waals surface area contributed by atoms with Gasteiger partial charge < -0.3 is 16.0 Å². The van der Waals surface area contributed by atoms with E-state index in [0.29, 0.717) is 0 Å². The Hall–Kier alpha value is -4.76. The van der Waals surface area contributed by atoms with Gasteiger partial charge in [-0.15, -0.1) is 0 Å². The minimum absolute atomic E-state index is 0.747. The molecule has 0 spiro atoms. The van der Waals surface area contributed by atoms with Gasteiger partial charge in [0.2, 0.25) is 0 Å². The molecule has 0 aliphatic rings. The summed E-state index contributed by atoms with van der Waals surface area (Å²) < 4.78 is 2.33. The first kappa shape index (κ1) is 20.8. The zero-order chi connectivity index (χ0) is 23.8. The van der Waals surface area contributed by atoms with Crippen molar-refractivity contribution in [2.45, 2.75) is 0 Å². The van der Waals surface area contributed by atoms with Crippen LogP contribution >= 0.6 is 0 Å². The molecule has 0 aliphatic heterocycles. The van der Waals surface area contributed by atoms with E-state index in [9.17, 15) is 0 Å². The molecule has 0 amide bonds. The highest BCUT2D eigenvalue weighted by Crippen LogP contribution is 2.36. The van der Waals surface area contributed by atoms with E-state index in [0.717, 1.165) is 39.3 Å². The molecular weight excluding hydrogens is 426 g/mol. The second-order valence-corrected chi connectivity index (χ2v) is 8.77. The van der Waals surface area contributed by atoms with Crippen molar-refractivity contribution in [2.75, 3.05) is 11.5 Å². The van der Waals surface area contributed by atoms with E-state index in [1.165, 1.54) is 21.8 Å². The quantitative estimate of drug-likeness (QED) is 0.212. The Labute approximate surface area is 204 Å². The molecule has 5 aromatic carbocycles. The summed E-state index contributed by atoms with van der Waals surface area (Å²) in [5.41, 5.74) is 21.6. The first-order valence-corrected chi connectivity index (χ1v) is 11.7. The molecule has 4 N–H and O–H groups in total. The maximum absolute atomic E-state index is 6.23. The Kier molecular flexibility index (Phi) is 5.08. The van der Waals surface area contributed by atoms with Gasteiger partial charge in [0.05, 0.1) is 11.0 Å². The number of rotatable bonds is 4. The fourth-order valence-electron chi connectivity index (χ4n) is 4.76. The Balaban J connectivity index is 1.52. The summed E-state index contributed by atoms with van der Waals surface area (Å²) in [6.07, 6.45) is 4.24. The highest BCUT2D eigenvalue weighted by molar-refractivity contribution is 6.10. The number of aromatic nitrogens is 1. The molecule has 0 saturated carbocycles. The van der Waals surface area contributed by atoms with Crippen LogP contribution in [-0.2, 0) is 0 Å². The number of hydrogen-bond acceptors (Lipinski definition) is 2. The minimum atomic E-state index is 0.747. The summed E-state index contributed by atoms with van der Waals surface area (Å²) in [6, 6.07) is 39.7. The molecule has 35 heavy (non-hydrogen) atoms. The number of anilines is 2. The van der Waals surface area contributed by atoms with Crippen LogP contribution in [0.2, 0.25) is 0 Å². The molecule has 6 rings (SSSR count). The third-order valence-electron chi connectivity index (χ3n) is 6.47. The Morgan fingerprint density at radius 3 is 2.09 bits per heavy atom. The summed E-state index contributed by atoms with van der Waals surface area (Å²) in [5, 5.41) is 2.45. The Morgan fingerprint density at radius 1 is 0.543 bits per heavy atom. The van der Waals surface area contributed by atoms with Crippen LogP contribution in [0.3, 0.4) is 0 Å². The number of nitrogens with two attached hydrogens (primary N) is 2. The maximum atomic E-state index is 6.23. The van der Waals surface area contributed by atoms with E-state index in [4.69, 9.17) is 11.5 Å². The van der Waals surface area contributed by atoms with Gasteiger partial charge in [-0.3, -0.25) is 0 Å². The van der Waals surface area contributed by atoms with Gasteiger partial charge in [-0.05, 0) is 76.9 Å². The largest absolute Gasteiger partial charge is 0.399 e. The molecule has 0 radical (unpaired) electrons. The smallest absolute Gasteiger partial charge is 0.0541 e. The highest BCUT2D eigenvalue weighted by Gasteiger charge is 2.13. The molecule has 168 valence electrons. The average Bonchev–Trinajstić information content (AvgIpc) is 3.23. The molecule has 1 heterocycles. The second kappa shape index (κ2) is 8.54. The van der Waals surface area contributed by atoms with E-state index in [1.54, 1.807) is 0 Å². The van der Waals surface area contributed by atoms with E-state index in [-0.39, 0.29) is 0 Å². The Bertz CT molecular complexity index is 1690. The van der Waals surface area contributed by atoms with E-state index in [1.807, 2.05) is 30.3 Å². The van der Waals surface area contributed by atoms with Crippen molar-refractivity contribution < 1.29 is 0 Å². The van der Waals surface area contributed by atoms with Gasteiger partial charge >= 0.3 is 0 Å². The molecule has 6 aromatic rings. The zero-order valence-corrected chi connectivity index (χ0v) is 19.2. The fourth-order valence-corrected chi connectivity index (χ4v) is 4.76. The van der Waals surface area contributed by atoms with Crippen LogP contribution < -0.4 is 11.5 Å². The summed E-state index contributed by atoms with van der Waals surface area (Å²) in [5.74, 6) is 0. The molecule has 3 heteroatoms. The molecule has 3 nitrogen and oxygen atoms in total. The monoisotopic (exact) mass is 451 g/mol. The summed E-state index contributed by atoms with van der Waals surface area (Å²) in [4.78, 5) is 0. The van der Waals surface area contributed by atoms with Crippen LogP contribution in [0.5, 0.6) is 0 Å². The normalized spacial score (nSPS) is 11.5. The first-order valence-electron chi connectivity index (χ1n) is 11.7. The molecule has 0 fully saturated rings. The average molecular weight is 452 g/mol. The van der Waals surface area contributed by atoms with Gasteiger partial charge in [-0.2, -0.15) is 0 Å². The van der Waals surface area contributed by atoms with E-state index >= 15 is 0 Å². The van der Waals surface area contributed by atoms with Crippen LogP contribution in [0.15, 0.2) is 115 Å². The summed E-state index contributed by atoms with van der Waals surface area (Å²) >= 11 is 0. The van der Waals surface area contributed by atoms with Crippen LogP contribution in [0.25, 0.3) is 50.8 Å². The number of nitrogens with zero attached hydrogens (tertiary/aromatic N) is 1. The van der Waals surface area contributed by atoms with Crippen molar-refractivity contribution in [1.82, 2.24) is 4.57 Å². The van der Waals surface area contributed by atoms with Gasteiger partial charge in [0.15, 0.2) is 0 Å². The van der Waals surface area contributed by atoms with Crippen molar-refractivity contribution in [1.29, 1.82) is 0 Å². The number of nitrogen functional groups attached to an aromatic ring is 2. The van der Waals surface area contributed by atoms with Crippen molar-refractivity contribution in [2.24, 2.45) is 0 Å². The topological polar surface area (TPSA) is 57.0 Å². The van der Waals surface area contributed by atoms with E-state index < -0.39 is 0 Å². The lowest BCUT2D eigenvalue weighted by molar-refractivity contribution is 1.18.